The molecular formula is C10H10F3O. The molecule has 14 heavy (non-hydrogen) atoms. The molecule has 1 rings (SSSR count). The molecule has 1 unspecified atom stereocenters. The molecule has 0 aromatic heterocycles. The molecule has 0 aliphatic rings. The van der Waals surface area contributed by atoms with Gasteiger partial charge in [-0.05, 0) is 18.1 Å². The third-order valence-electron chi connectivity index (χ3n) is 1.98. The predicted octanol–water partition coefficient (Wildman–Crippen LogP) is 3.59. The summed E-state index contributed by atoms with van der Waals surface area (Å²) >= 11 is 0. The van der Waals surface area contributed by atoms with E-state index in [0.717, 1.165) is 6.07 Å². The molecule has 1 aromatic rings. The van der Waals surface area contributed by atoms with Crippen LogP contribution < -0.4 is 0 Å². The van der Waals surface area contributed by atoms with Gasteiger partial charge in [-0.2, -0.15) is 13.2 Å². The molecule has 4 heteroatoms. The van der Waals surface area contributed by atoms with Gasteiger partial charge in [-0.3, -0.25) is 0 Å². The Hall–Kier alpha value is -1.03. The summed E-state index contributed by atoms with van der Waals surface area (Å²) in [5.74, 6) is 0. The van der Waals surface area contributed by atoms with Crippen LogP contribution in [0.2, 0.25) is 0 Å². The molecule has 0 aliphatic carbocycles. The van der Waals surface area contributed by atoms with E-state index in [9.17, 15) is 18.3 Å². The molecule has 0 saturated heterocycles. The van der Waals surface area contributed by atoms with Crippen LogP contribution in [0.3, 0.4) is 0 Å². The molecule has 0 bridgehead atoms. The molecule has 0 spiro atoms. The van der Waals surface area contributed by atoms with E-state index in [-0.39, 0.29) is 12.0 Å². The highest BCUT2D eigenvalue weighted by molar-refractivity contribution is 5.31. The third kappa shape index (κ3) is 2.26. The van der Waals surface area contributed by atoms with Crippen LogP contribution in [-0.2, 0) is 11.3 Å². The van der Waals surface area contributed by atoms with Gasteiger partial charge in [-0.15, -0.1) is 0 Å². The summed E-state index contributed by atoms with van der Waals surface area (Å²) in [6, 6.07) is 4.92. The van der Waals surface area contributed by atoms with E-state index in [4.69, 9.17) is 0 Å². The standard InChI is InChI=1S/C10H10F3O/c1-2-9(14)7-5-3-4-6-8(7)10(11,12)13/h3-6,9H,2H2,1H3. The fourth-order valence-electron chi connectivity index (χ4n) is 1.26. The van der Waals surface area contributed by atoms with Gasteiger partial charge in [0.2, 0.25) is 0 Å². The Bertz CT molecular complexity index is 306. The van der Waals surface area contributed by atoms with Crippen molar-refractivity contribution in [2.45, 2.75) is 25.6 Å². The van der Waals surface area contributed by atoms with Gasteiger partial charge in [0.25, 0.3) is 0 Å². The van der Waals surface area contributed by atoms with Crippen LogP contribution in [0.25, 0.3) is 0 Å². The molecule has 1 nitrogen and oxygen atoms in total. The molecule has 1 radical (unpaired) electrons. The number of hydrogen-bond donors (Lipinski definition) is 0. The molecule has 0 amide bonds. The lowest BCUT2D eigenvalue weighted by atomic mass is 10.0. The van der Waals surface area contributed by atoms with Crippen LogP contribution >= 0.6 is 0 Å². The molecule has 1 aromatic carbocycles. The maximum absolute atomic E-state index is 12.4. The molecule has 0 aliphatic heterocycles. The fourth-order valence-corrected chi connectivity index (χ4v) is 1.26. The smallest absolute Gasteiger partial charge is 0.228 e. The number of rotatable bonds is 2. The fraction of sp³-hybridized carbons (Fsp3) is 0.400. The van der Waals surface area contributed by atoms with E-state index in [1.165, 1.54) is 18.2 Å². The van der Waals surface area contributed by atoms with Crippen LogP contribution in [0.15, 0.2) is 24.3 Å². The number of hydrogen-bond acceptors (Lipinski definition) is 0. The van der Waals surface area contributed by atoms with Gasteiger partial charge < -0.3 is 0 Å². The van der Waals surface area contributed by atoms with E-state index >= 15 is 0 Å². The van der Waals surface area contributed by atoms with E-state index in [1.807, 2.05) is 0 Å². The zero-order valence-corrected chi connectivity index (χ0v) is 7.64. The van der Waals surface area contributed by atoms with Crippen LogP contribution in [0.4, 0.5) is 13.2 Å². The quantitative estimate of drug-likeness (QED) is 0.700. The molecular weight excluding hydrogens is 193 g/mol. The summed E-state index contributed by atoms with van der Waals surface area (Å²) in [4.78, 5) is 0. The van der Waals surface area contributed by atoms with E-state index < -0.39 is 17.8 Å². The topological polar surface area (TPSA) is 19.9 Å². The van der Waals surface area contributed by atoms with E-state index in [0.29, 0.717) is 0 Å². The number of alkyl halides is 3. The second-order valence-corrected chi connectivity index (χ2v) is 2.98. The van der Waals surface area contributed by atoms with Gasteiger partial charge in [0.1, 0.15) is 6.10 Å². The highest BCUT2D eigenvalue weighted by Gasteiger charge is 2.34. The highest BCUT2D eigenvalue weighted by Crippen LogP contribution is 2.35. The largest absolute Gasteiger partial charge is 0.416 e. The van der Waals surface area contributed by atoms with Crippen molar-refractivity contribution in [2.24, 2.45) is 0 Å². The van der Waals surface area contributed by atoms with Gasteiger partial charge in [0, 0.05) is 0 Å². The summed E-state index contributed by atoms with van der Waals surface area (Å²) in [7, 11) is 0. The highest BCUT2D eigenvalue weighted by atomic mass is 19.4. The first kappa shape index (κ1) is 11.0. The molecule has 0 N–H and O–H groups in total. The van der Waals surface area contributed by atoms with Crippen molar-refractivity contribution in [1.29, 1.82) is 0 Å². The second kappa shape index (κ2) is 4.00. The first-order valence-corrected chi connectivity index (χ1v) is 4.28. The Morgan fingerprint density at radius 1 is 1.29 bits per heavy atom. The maximum atomic E-state index is 12.4. The molecule has 0 heterocycles. The Labute approximate surface area is 80.2 Å². The third-order valence-corrected chi connectivity index (χ3v) is 1.98. The average molecular weight is 203 g/mol. The molecule has 0 fully saturated rings. The van der Waals surface area contributed by atoms with E-state index in [1.54, 1.807) is 6.92 Å². The molecule has 0 saturated carbocycles. The number of benzene rings is 1. The zero-order chi connectivity index (χ0) is 10.8. The monoisotopic (exact) mass is 203 g/mol. The minimum atomic E-state index is -4.44. The van der Waals surface area contributed by atoms with Crippen molar-refractivity contribution < 1.29 is 18.3 Å². The van der Waals surface area contributed by atoms with Gasteiger partial charge in [0.05, 0.1) is 5.56 Å². The zero-order valence-electron chi connectivity index (χ0n) is 7.64. The normalized spacial score (nSPS) is 14.1. The predicted molar refractivity (Wildman–Crippen MR) is 45.2 cm³/mol. The second-order valence-electron chi connectivity index (χ2n) is 2.98. The molecule has 1 atom stereocenters. The van der Waals surface area contributed by atoms with Crippen molar-refractivity contribution in [3.05, 3.63) is 35.4 Å². The summed E-state index contributed by atoms with van der Waals surface area (Å²) in [6.07, 6.45) is -5.57. The Morgan fingerprint density at radius 2 is 1.86 bits per heavy atom. The minimum absolute atomic E-state index is 0.160. The Morgan fingerprint density at radius 3 is 2.36 bits per heavy atom. The van der Waals surface area contributed by atoms with E-state index in [2.05, 4.69) is 0 Å². The maximum Gasteiger partial charge on any atom is 0.416 e. The van der Waals surface area contributed by atoms with Gasteiger partial charge in [0.15, 0.2) is 0 Å². The van der Waals surface area contributed by atoms with Crippen molar-refractivity contribution >= 4 is 0 Å². The van der Waals surface area contributed by atoms with Crippen molar-refractivity contribution in [3.63, 3.8) is 0 Å². The number of halogens is 3. The van der Waals surface area contributed by atoms with Crippen LogP contribution in [0.5, 0.6) is 0 Å². The minimum Gasteiger partial charge on any atom is -0.228 e. The Balaban J connectivity index is 3.16. The summed E-state index contributed by atoms with van der Waals surface area (Å²) in [6.45, 7) is 1.57. The lowest BCUT2D eigenvalue weighted by Gasteiger charge is -2.14. The van der Waals surface area contributed by atoms with Gasteiger partial charge >= 0.3 is 6.18 Å². The summed E-state index contributed by atoms with van der Waals surface area (Å²) in [5, 5.41) is 11.3. The summed E-state index contributed by atoms with van der Waals surface area (Å²) in [5.41, 5.74) is -0.982. The average Bonchev–Trinajstić information content (AvgIpc) is 2.15. The van der Waals surface area contributed by atoms with Crippen molar-refractivity contribution in [2.75, 3.05) is 0 Å². The SMILES string of the molecule is CCC([O])c1ccccc1C(F)(F)F. The van der Waals surface area contributed by atoms with Crippen molar-refractivity contribution in [3.8, 4) is 0 Å². The van der Waals surface area contributed by atoms with Gasteiger partial charge in [-0.25, -0.2) is 5.11 Å². The lowest BCUT2D eigenvalue weighted by molar-refractivity contribution is -0.139. The first-order chi connectivity index (χ1) is 6.46. The Kier molecular flexibility index (Phi) is 3.16. The first-order valence-electron chi connectivity index (χ1n) is 4.28. The summed E-state index contributed by atoms with van der Waals surface area (Å²) < 4.78 is 37.2. The van der Waals surface area contributed by atoms with Crippen molar-refractivity contribution in [1.82, 2.24) is 0 Å². The lowest BCUT2D eigenvalue weighted by Crippen LogP contribution is -2.10. The van der Waals surface area contributed by atoms with Gasteiger partial charge in [-0.1, -0.05) is 25.1 Å². The van der Waals surface area contributed by atoms with Crippen LogP contribution in [0.1, 0.15) is 30.6 Å². The molecule has 77 valence electrons. The van der Waals surface area contributed by atoms with Crippen LogP contribution in [0, 0.1) is 0 Å². The van der Waals surface area contributed by atoms with Crippen LogP contribution in [-0.4, -0.2) is 0 Å².